The Morgan fingerprint density at radius 1 is 1.53 bits per heavy atom. The van der Waals surface area contributed by atoms with Crippen LogP contribution in [0.25, 0.3) is 0 Å². The predicted molar refractivity (Wildman–Crippen MR) is 76.6 cm³/mol. The zero-order valence-corrected chi connectivity index (χ0v) is 13.0. The Kier molecular flexibility index (Phi) is 4.60. The predicted octanol–water partition coefficient (Wildman–Crippen LogP) is 4.00. The van der Waals surface area contributed by atoms with Gasteiger partial charge in [-0.3, -0.25) is 5.32 Å². The molecule has 0 aliphatic heterocycles. The number of carbonyl (C=O) groups is 1. The molecule has 0 atom stereocenters. The van der Waals surface area contributed by atoms with Gasteiger partial charge < -0.3 is 4.74 Å². The van der Waals surface area contributed by atoms with Crippen LogP contribution in [0.2, 0.25) is 5.15 Å². The molecule has 17 heavy (non-hydrogen) atoms. The van der Waals surface area contributed by atoms with Crippen molar-refractivity contribution < 1.29 is 9.53 Å². The lowest BCUT2D eigenvalue weighted by Crippen LogP contribution is -2.27. The van der Waals surface area contributed by atoms with Crippen LogP contribution >= 0.6 is 34.2 Å². The number of amides is 1. The number of anilines is 1. The Morgan fingerprint density at radius 3 is 2.59 bits per heavy atom. The highest BCUT2D eigenvalue weighted by Gasteiger charge is 2.18. The van der Waals surface area contributed by atoms with Gasteiger partial charge in [-0.2, -0.15) is 0 Å². The number of aromatic nitrogens is 1. The van der Waals surface area contributed by atoms with Crippen molar-refractivity contribution in [3.63, 3.8) is 0 Å². The molecule has 0 aliphatic rings. The fraction of sp³-hybridized carbons (Fsp3) is 0.455. The number of rotatable bonds is 1. The molecule has 0 saturated heterocycles. The highest BCUT2D eigenvalue weighted by molar-refractivity contribution is 14.1. The molecule has 1 aromatic rings. The van der Waals surface area contributed by atoms with Crippen molar-refractivity contribution in [2.24, 2.45) is 0 Å². The molecule has 0 saturated carbocycles. The lowest BCUT2D eigenvalue weighted by atomic mass is 10.2. The van der Waals surface area contributed by atoms with Gasteiger partial charge in [0.1, 0.15) is 14.5 Å². The molecular formula is C11H14ClIN2O2. The number of nitrogens with one attached hydrogen (secondary N) is 1. The van der Waals surface area contributed by atoms with Crippen LogP contribution in [0.4, 0.5) is 10.5 Å². The van der Waals surface area contributed by atoms with Gasteiger partial charge in [0.2, 0.25) is 0 Å². The van der Waals surface area contributed by atoms with Crippen molar-refractivity contribution in [1.29, 1.82) is 0 Å². The molecule has 6 heteroatoms. The van der Waals surface area contributed by atoms with Gasteiger partial charge in [-0.15, -0.1) is 0 Å². The SMILES string of the molecule is Cc1cc(Cl)nc(I)c1NC(=O)OC(C)(C)C. The van der Waals surface area contributed by atoms with Crippen LogP contribution in [0.1, 0.15) is 26.3 Å². The van der Waals surface area contributed by atoms with E-state index in [0.717, 1.165) is 5.56 Å². The second-order valence-corrected chi connectivity index (χ2v) is 5.96. The molecule has 0 fully saturated rings. The number of pyridine rings is 1. The second kappa shape index (κ2) is 5.39. The van der Waals surface area contributed by atoms with E-state index in [1.807, 2.05) is 50.3 Å². The molecule has 94 valence electrons. The maximum Gasteiger partial charge on any atom is 0.412 e. The summed E-state index contributed by atoms with van der Waals surface area (Å²) in [5.74, 6) is 0. The molecule has 0 spiro atoms. The fourth-order valence-corrected chi connectivity index (χ4v) is 2.36. The number of carbonyl (C=O) groups excluding carboxylic acids is 1. The minimum atomic E-state index is -0.525. The van der Waals surface area contributed by atoms with Gasteiger partial charge in [-0.25, -0.2) is 9.78 Å². The molecule has 1 aromatic heterocycles. The Morgan fingerprint density at radius 2 is 2.12 bits per heavy atom. The first-order valence-electron chi connectivity index (χ1n) is 5.01. The average Bonchev–Trinajstić information content (AvgIpc) is 2.08. The third-order valence-electron chi connectivity index (χ3n) is 1.77. The Bertz CT molecular complexity index is 421. The van der Waals surface area contributed by atoms with E-state index in [1.165, 1.54) is 0 Å². The number of halogens is 2. The lowest BCUT2D eigenvalue weighted by molar-refractivity contribution is 0.0635. The molecule has 0 bridgehead atoms. The first kappa shape index (κ1) is 14.5. The average molecular weight is 369 g/mol. The number of aryl methyl sites for hydroxylation is 1. The standard InChI is InChI=1S/C11H14ClIN2O2/c1-6-5-7(12)14-9(13)8(6)15-10(16)17-11(2,3)4/h5H,1-4H3,(H,15,16). The summed E-state index contributed by atoms with van der Waals surface area (Å²) in [6.07, 6.45) is -0.498. The summed E-state index contributed by atoms with van der Waals surface area (Å²) >= 11 is 7.82. The highest BCUT2D eigenvalue weighted by Crippen LogP contribution is 2.24. The van der Waals surface area contributed by atoms with Gasteiger partial charge in [0.05, 0.1) is 5.69 Å². The van der Waals surface area contributed by atoms with Crippen molar-refractivity contribution in [1.82, 2.24) is 4.98 Å². The van der Waals surface area contributed by atoms with E-state index in [2.05, 4.69) is 10.3 Å². The molecule has 0 aliphatic carbocycles. The molecule has 0 unspecified atom stereocenters. The molecule has 0 aromatic carbocycles. The number of nitrogens with zero attached hydrogens (tertiary/aromatic N) is 1. The summed E-state index contributed by atoms with van der Waals surface area (Å²) in [6.45, 7) is 7.28. The Labute approximate surface area is 119 Å². The van der Waals surface area contributed by atoms with E-state index >= 15 is 0 Å². The van der Waals surface area contributed by atoms with Gasteiger partial charge in [0.25, 0.3) is 0 Å². The Hall–Kier alpha value is -0.560. The van der Waals surface area contributed by atoms with Crippen LogP contribution in [0.15, 0.2) is 6.07 Å². The molecule has 0 radical (unpaired) electrons. The summed E-state index contributed by atoms with van der Waals surface area (Å²) in [7, 11) is 0. The van der Waals surface area contributed by atoms with Crippen LogP contribution in [-0.4, -0.2) is 16.7 Å². The molecular weight excluding hydrogens is 354 g/mol. The van der Waals surface area contributed by atoms with Crippen LogP contribution < -0.4 is 5.32 Å². The van der Waals surface area contributed by atoms with Crippen LogP contribution in [0.3, 0.4) is 0 Å². The first-order valence-corrected chi connectivity index (χ1v) is 6.47. The number of hydrogen-bond acceptors (Lipinski definition) is 3. The highest BCUT2D eigenvalue weighted by atomic mass is 127. The van der Waals surface area contributed by atoms with Crippen molar-refractivity contribution in [2.45, 2.75) is 33.3 Å². The van der Waals surface area contributed by atoms with Gasteiger partial charge in [0, 0.05) is 0 Å². The number of ether oxygens (including phenoxy) is 1. The van der Waals surface area contributed by atoms with Crippen molar-refractivity contribution in [3.8, 4) is 0 Å². The van der Waals surface area contributed by atoms with Crippen LogP contribution in [-0.2, 0) is 4.74 Å². The third-order valence-corrected chi connectivity index (χ3v) is 2.74. The summed E-state index contributed by atoms with van der Waals surface area (Å²) in [6, 6.07) is 1.69. The van der Waals surface area contributed by atoms with E-state index in [0.29, 0.717) is 14.5 Å². The normalized spacial score (nSPS) is 11.2. The fourth-order valence-electron chi connectivity index (χ4n) is 1.15. The second-order valence-electron chi connectivity index (χ2n) is 4.55. The maximum atomic E-state index is 11.6. The monoisotopic (exact) mass is 368 g/mol. The summed E-state index contributed by atoms with van der Waals surface area (Å²) in [4.78, 5) is 15.7. The minimum Gasteiger partial charge on any atom is -0.444 e. The van der Waals surface area contributed by atoms with Crippen molar-refractivity contribution >= 4 is 46.0 Å². The Balaban J connectivity index is 2.86. The zero-order valence-electron chi connectivity index (χ0n) is 10.1. The lowest BCUT2D eigenvalue weighted by Gasteiger charge is -2.20. The van der Waals surface area contributed by atoms with Crippen LogP contribution in [0.5, 0.6) is 0 Å². The van der Waals surface area contributed by atoms with E-state index in [1.54, 1.807) is 6.07 Å². The van der Waals surface area contributed by atoms with E-state index < -0.39 is 11.7 Å². The number of hydrogen-bond donors (Lipinski definition) is 1. The van der Waals surface area contributed by atoms with E-state index in [-0.39, 0.29) is 0 Å². The molecule has 1 amide bonds. The smallest absolute Gasteiger partial charge is 0.412 e. The summed E-state index contributed by atoms with van der Waals surface area (Å²) in [5, 5.41) is 3.08. The molecule has 4 nitrogen and oxygen atoms in total. The topological polar surface area (TPSA) is 51.2 Å². The van der Waals surface area contributed by atoms with Gasteiger partial charge >= 0.3 is 6.09 Å². The van der Waals surface area contributed by atoms with E-state index in [4.69, 9.17) is 16.3 Å². The van der Waals surface area contributed by atoms with Crippen molar-refractivity contribution in [2.75, 3.05) is 5.32 Å². The van der Waals surface area contributed by atoms with Gasteiger partial charge in [0.15, 0.2) is 0 Å². The quantitative estimate of drug-likeness (QED) is 0.602. The molecule has 1 rings (SSSR count). The molecule has 1 N–H and O–H groups in total. The van der Waals surface area contributed by atoms with Gasteiger partial charge in [-0.05, 0) is 61.9 Å². The third kappa shape index (κ3) is 4.67. The zero-order chi connectivity index (χ0) is 13.2. The first-order chi connectivity index (χ1) is 7.69. The minimum absolute atomic E-state index is 0.404. The summed E-state index contributed by atoms with van der Waals surface area (Å²) < 4.78 is 5.81. The molecule has 1 heterocycles. The van der Waals surface area contributed by atoms with Crippen molar-refractivity contribution in [3.05, 3.63) is 20.5 Å². The largest absolute Gasteiger partial charge is 0.444 e. The summed E-state index contributed by atoms with van der Waals surface area (Å²) in [5.41, 5.74) is 0.952. The van der Waals surface area contributed by atoms with Gasteiger partial charge in [-0.1, -0.05) is 11.6 Å². The van der Waals surface area contributed by atoms with E-state index in [9.17, 15) is 4.79 Å². The maximum absolute atomic E-state index is 11.6. The van der Waals surface area contributed by atoms with Crippen LogP contribution in [0, 0.1) is 10.6 Å².